The van der Waals surface area contributed by atoms with Gasteiger partial charge in [-0.25, -0.2) is 0 Å². The summed E-state index contributed by atoms with van der Waals surface area (Å²) in [5, 5.41) is 3.49. The summed E-state index contributed by atoms with van der Waals surface area (Å²) >= 11 is 0. The Bertz CT molecular complexity index is 523. The van der Waals surface area contributed by atoms with E-state index in [0.717, 1.165) is 64.9 Å². The van der Waals surface area contributed by atoms with Crippen LogP contribution in [0.5, 0.6) is 0 Å². The van der Waals surface area contributed by atoms with Gasteiger partial charge in [-0.15, -0.1) is 0 Å². The Hall–Kier alpha value is -1.34. The number of hydrogen-bond donors (Lipinski definition) is 1. The molecule has 0 spiro atoms. The maximum Gasteiger partial charge on any atom is 0.236 e. The summed E-state index contributed by atoms with van der Waals surface area (Å²) in [5.41, 5.74) is 0. The first kappa shape index (κ1) is 22.3. The van der Waals surface area contributed by atoms with Crippen molar-refractivity contribution < 1.29 is 4.79 Å². The van der Waals surface area contributed by atoms with E-state index < -0.39 is 0 Å². The lowest BCUT2D eigenvalue weighted by molar-refractivity contribution is -0.132. The summed E-state index contributed by atoms with van der Waals surface area (Å²) in [7, 11) is 2.22. The molecule has 0 radical (unpaired) electrons. The van der Waals surface area contributed by atoms with Gasteiger partial charge in [0.2, 0.25) is 5.91 Å². The van der Waals surface area contributed by atoms with Gasteiger partial charge in [0.1, 0.15) is 0 Å². The Kier molecular flexibility index (Phi) is 9.05. The lowest BCUT2D eigenvalue weighted by Gasteiger charge is -2.37. The van der Waals surface area contributed by atoms with E-state index in [1.54, 1.807) is 0 Å². The largest absolute Gasteiger partial charge is 0.357 e. The van der Waals surface area contributed by atoms with E-state index in [2.05, 4.69) is 38.9 Å². The van der Waals surface area contributed by atoms with Crippen LogP contribution in [0.1, 0.15) is 45.4 Å². The summed E-state index contributed by atoms with van der Waals surface area (Å²) in [5.74, 6) is 2.05. The standard InChI is InChI=1S/C22H42N6O/c1-3-23-22(24-17-20-9-8-10-25(2)18-20)28-15-13-26(14-16-28)19-21(29)27-11-6-4-5-7-12-27/h20H,3-19H2,1-2H3,(H,23,24). The lowest BCUT2D eigenvalue weighted by atomic mass is 9.99. The molecule has 0 saturated carbocycles. The van der Waals surface area contributed by atoms with Crippen LogP contribution in [0.25, 0.3) is 0 Å². The summed E-state index contributed by atoms with van der Waals surface area (Å²) < 4.78 is 0. The van der Waals surface area contributed by atoms with E-state index in [0.29, 0.717) is 18.4 Å². The number of guanidine groups is 1. The summed E-state index contributed by atoms with van der Waals surface area (Å²) in [6.45, 7) is 12.6. The number of carbonyl (C=O) groups is 1. The van der Waals surface area contributed by atoms with E-state index in [1.807, 2.05) is 0 Å². The van der Waals surface area contributed by atoms with Crippen molar-refractivity contribution in [2.45, 2.75) is 45.4 Å². The Labute approximate surface area is 177 Å². The Morgan fingerprint density at radius 2 is 1.66 bits per heavy atom. The first-order chi connectivity index (χ1) is 14.2. The normalized spacial score (nSPS) is 25.7. The van der Waals surface area contributed by atoms with Crippen LogP contribution < -0.4 is 5.32 Å². The van der Waals surface area contributed by atoms with Crippen LogP contribution in [0, 0.1) is 5.92 Å². The van der Waals surface area contributed by atoms with Crippen molar-refractivity contribution in [3.05, 3.63) is 0 Å². The number of rotatable bonds is 5. The highest BCUT2D eigenvalue weighted by Crippen LogP contribution is 2.16. The second-order valence-electron chi connectivity index (χ2n) is 9.02. The Morgan fingerprint density at radius 1 is 0.931 bits per heavy atom. The predicted octanol–water partition coefficient (Wildman–Crippen LogP) is 1.31. The fourth-order valence-corrected chi connectivity index (χ4v) is 4.79. The minimum atomic E-state index is 0.322. The predicted molar refractivity (Wildman–Crippen MR) is 119 cm³/mol. The number of piperazine rings is 1. The molecule has 1 amide bonds. The molecule has 3 rings (SSSR count). The molecule has 3 aliphatic rings. The molecular formula is C22H42N6O. The van der Waals surface area contributed by atoms with Gasteiger partial charge in [-0.05, 0) is 52.1 Å². The molecule has 3 aliphatic heterocycles. The molecule has 7 heteroatoms. The molecule has 1 atom stereocenters. The number of hydrogen-bond acceptors (Lipinski definition) is 4. The fourth-order valence-electron chi connectivity index (χ4n) is 4.79. The minimum Gasteiger partial charge on any atom is -0.357 e. The molecule has 7 nitrogen and oxygen atoms in total. The number of carbonyl (C=O) groups excluding carboxylic acids is 1. The first-order valence-corrected chi connectivity index (χ1v) is 11.9. The molecule has 166 valence electrons. The second-order valence-corrected chi connectivity index (χ2v) is 9.02. The van der Waals surface area contributed by atoms with Crippen LogP contribution in [0.3, 0.4) is 0 Å². The average molecular weight is 407 g/mol. The number of nitrogens with one attached hydrogen (secondary N) is 1. The minimum absolute atomic E-state index is 0.322. The van der Waals surface area contributed by atoms with Gasteiger partial charge in [0.15, 0.2) is 5.96 Å². The van der Waals surface area contributed by atoms with Crippen LogP contribution in [-0.4, -0.2) is 111 Å². The van der Waals surface area contributed by atoms with Gasteiger partial charge in [0.05, 0.1) is 6.54 Å². The third kappa shape index (κ3) is 7.14. The van der Waals surface area contributed by atoms with E-state index in [4.69, 9.17) is 4.99 Å². The van der Waals surface area contributed by atoms with Gasteiger partial charge in [0.25, 0.3) is 0 Å². The number of nitrogens with zero attached hydrogens (tertiary/aromatic N) is 5. The fraction of sp³-hybridized carbons (Fsp3) is 0.909. The van der Waals surface area contributed by atoms with Crippen molar-refractivity contribution in [2.75, 3.05) is 79.0 Å². The maximum atomic E-state index is 12.7. The molecular weight excluding hydrogens is 364 g/mol. The number of piperidine rings is 1. The topological polar surface area (TPSA) is 54.4 Å². The second kappa shape index (κ2) is 11.7. The number of likely N-dealkylation sites (tertiary alicyclic amines) is 2. The Morgan fingerprint density at radius 3 is 2.31 bits per heavy atom. The highest BCUT2D eigenvalue weighted by molar-refractivity contribution is 5.80. The molecule has 0 aromatic rings. The summed E-state index contributed by atoms with van der Waals surface area (Å²) in [6, 6.07) is 0. The summed E-state index contributed by atoms with van der Waals surface area (Å²) in [6.07, 6.45) is 7.45. The zero-order valence-electron chi connectivity index (χ0n) is 18.7. The van der Waals surface area contributed by atoms with Crippen molar-refractivity contribution in [1.29, 1.82) is 0 Å². The monoisotopic (exact) mass is 406 g/mol. The van der Waals surface area contributed by atoms with E-state index >= 15 is 0 Å². The van der Waals surface area contributed by atoms with E-state index in [9.17, 15) is 4.79 Å². The quantitative estimate of drug-likeness (QED) is 0.551. The molecule has 0 aromatic heterocycles. The van der Waals surface area contributed by atoms with Crippen LogP contribution in [0.15, 0.2) is 4.99 Å². The van der Waals surface area contributed by atoms with Crippen LogP contribution >= 0.6 is 0 Å². The zero-order valence-corrected chi connectivity index (χ0v) is 18.7. The molecule has 0 aromatic carbocycles. The van der Waals surface area contributed by atoms with Crippen molar-refractivity contribution >= 4 is 11.9 Å². The zero-order chi connectivity index (χ0) is 20.5. The van der Waals surface area contributed by atoms with Crippen molar-refractivity contribution in [2.24, 2.45) is 10.9 Å². The molecule has 3 saturated heterocycles. The third-order valence-corrected chi connectivity index (χ3v) is 6.55. The maximum absolute atomic E-state index is 12.7. The van der Waals surface area contributed by atoms with Crippen LogP contribution in [-0.2, 0) is 4.79 Å². The van der Waals surface area contributed by atoms with E-state index in [1.165, 1.54) is 45.1 Å². The third-order valence-electron chi connectivity index (χ3n) is 6.55. The van der Waals surface area contributed by atoms with Crippen molar-refractivity contribution in [1.82, 2.24) is 24.9 Å². The van der Waals surface area contributed by atoms with Gasteiger partial charge in [0, 0.05) is 58.9 Å². The van der Waals surface area contributed by atoms with Gasteiger partial charge in [-0.3, -0.25) is 14.7 Å². The van der Waals surface area contributed by atoms with Gasteiger partial charge < -0.3 is 20.0 Å². The smallest absolute Gasteiger partial charge is 0.236 e. The van der Waals surface area contributed by atoms with Crippen molar-refractivity contribution in [3.63, 3.8) is 0 Å². The van der Waals surface area contributed by atoms with Crippen LogP contribution in [0.4, 0.5) is 0 Å². The van der Waals surface area contributed by atoms with Gasteiger partial charge in [-0.1, -0.05) is 12.8 Å². The van der Waals surface area contributed by atoms with E-state index in [-0.39, 0.29) is 0 Å². The van der Waals surface area contributed by atoms with Gasteiger partial charge in [-0.2, -0.15) is 0 Å². The van der Waals surface area contributed by atoms with Crippen LogP contribution in [0.2, 0.25) is 0 Å². The molecule has 3 fully saturated rings. The molecule has 1 unspecified atom stereocenters. The molecule has 0 bridgehead atoms. The van der Waals surface area contributed by atoms with Crippen molar-refractivity contribution in [3.8, 4) is 0 Å². The highest BCUT2D eigenvalue weighted by Gasteiger charge is 2.24. The first-order valence-electron chi connectivity index (χ1n) is 11.9. The molecule has 0 aliphatic carbocycles. The average Bonchev–Trinajstić information content (AvgIpc) is 3.01. The van der Waals surface area contributed by atoms with Gasteiger partial charge >= 0.3 is 0 Å². The molecule has 3 heterocycles. The lowest BCUT2D eigenvalue weighted by Crippen LogP contribution is -2.54. The Balaban J connectivity index is 1.45. The molecule has 1 N–H and O–H groups in total. The number of amides is 1. The summed E-state index contributed by atoms with van der Waals surface area (Å²) in [4.78, 5) is 26.9. The number of aliphatic imine (C=N–C) groups is 1. The molecule has 29 heavy (non-hydrogen) atoms. The SMILES string of the molecule is CCNC(=NCC1CCCN(C)C1)N1CCN(CC(=O)N2CCCCCC2)CC1. The highest BCUT2D eigenvalue weighted by atomic mass is 16.2.